The van der Waals surface area contributed by atoms with E-state index in [1.807, 2.05) is 6.92 Å². The average molecular weight is 313 g/mol. The van der Waals surface area contributed by atoms with Crippen LogP contribution in [0.2, 0.25) is 5.15 Å². The molecule has 8 nitrogen and oxygen atoms in total. The van der Waals surface area contributed by atoms with Gasteiger partial charge in [0.05, 0.1) is 25.0 Å². The van der Waals surface area contributed by atoms with E-state index in [9.17, 15) is 4.79 Å². The minimum absolute atomic E-state index is 0.181. The fraction of sp³-hybridized carbons (Fsp3) is 0.500. The number of aromatic nitrogens is 5. The number of nitrogens with two attached hydrogens (primary N) is 1. The summed E-state index contributed by atoms with van der Waals surface area (Å²) >= 11 is 6.21. The van der Waals surface area contributed by atoms with Crippen molar-refractivity contribution in [2.75, 3.05) is 13.7 Å². The molecule has 0 bridgehead atoms. The zero-order valence-electron chi connectivity index (χ0n) is 12.1. The molecule has 2 heterocycles. The normalized spacial score (nSPS) is 10.9. The predicted octanol–water partition coefficient (Wildman–Crippen LogP) is 0.310. The summed E-state index contributed by atoms with van der Waals surface area (Å²) in [5, 5.41) is 12.7. The Balaban J connectivity index is 2.40. The molecule has 0 radical (unpaired) electrons. The first-order chi connectivity index (χ1) is 9.99. The van der Waals surface area contributed by atoms with Gasteiger partial charge < -0.3 is 10.5 Å². The highest BCUT2D eigenvalue weighted by molar-refractivity contribution is 6.30. The molecule has 0 amide bonds. The number of methoxy groups -OCH3 is 1. The van der Waals surface area contributed by atoms with Gasteiger partial charge in [-0.15, -0.1) is 5.10 Å². The third-order valence-corrected chi connectivity index (χ3v) is 3.65. The van der Waals surface area contributed by atoms with Crippen LogP contribution in [-0.2, 0) is 24.8 Å². The van der Waals surface area contributed by atoms with Crippen LogP contribution in [0.25, 0.3) is 0 Å². The summed E-state index contributed by atoms with van der Waals surface area (Å²) in [6.07, 6.45) is 0.467. The summed E-state index contributed by atoms with van der Waals surface area (Å²) in [5.74, 6) is -0.529. The highest BCUT2D eigenvalue weighted by Gasteiger charge is 2.21. The molecule has 0 saturated heterocycles. The van der Waals surface area contributed by atoms with E-state index in [1.54, 1.807) is 16.4 Å². The second-order valence-electron chi connectivity index (χ2n) is 4.55. The highest BCUT2D eigenvalue weighted by atomic mass is 35.5. The van der Waals surface area contributed by atoms with Crippen LogP contribution in [0.5, 0.6) is 0 Å². The highest BCUT2D eigenvalue weighted by Crippen LogP contribution is 2.20. The maximum Gasteiger partial charge on any atom is 0.360 e. The number of aryl methyl sites for hydroxylation is 2. The summed E-state index contributed by atoms with van der Waals surface area (Å²) < 4.78 is 7.90. The Morgan fingerprint density at radius 3 is 2.71 bits per heavy atom. The van der Waals surface area contributed by atoms with Crippen LogP contribution >= 0.6 is 11.6 Å². The molecule has 0 aliphatic rings. The van der Waals surface area contributed by atoms with Crippen molar-refractivity contribution in [2.45, 2.75) is 19.9 Å². The Kier molecular flexibility index (Phi) is 4.59. The molecule has 0 atom stereocenters. The van der Waals surface area contributed by atoms with Gasteiger partial charge in [0.2, 0.25) is 0 Å². The van der Waals surface area contributed by atoms with Gasteiger partial charge in [-0.25, -0.2) is 9.48 Å². The van der Waals surface area contributed by atoms with Crippen molar-refractivity contribution in [2.24, 2.45) is 12.8 Å². The maximum absolute atomic E-state index is 11.7. The van der Waals surface area contributed by atoms with Gasteiger partial charge in [-0.2, -0.15) is 5.10 Å². The summed E-state index contributed by atoms with van der Waals surface area (Å²) in [6, 6.07) is 0. The standard InChI is InChI=1S/C12H17ClN6O2/c1-7-8(11(13)18(2)16-7)6-19-9(4-5-14)10(15-17-19)12(20)21-3/h4-6,14H2,1-3H3. The number of hydrogen-bond acceptors (Lipinski definition) is 6. The molecule has 9 heteroatoms. The third kappa shape index (κ3) is 2.91. The van der Waals surface area contributed by atoms with E-state index in [1.165, 1.54) is 7.11 Å². The first kappa shape index (κ1) is 15.5. The Bertz CT molecular complexity index is 663. The van der Waals surface area contributed by atoms with Crippen molar-refractivity contribution in [3.05, 3.63) is 27.8 Å². The fourth-order valence-electron chi connectivity index (χ4n) is 2.10. The van der Waals surface area contributed by atoms with E-state index in [0.717, 1.165) is 11.3 Å². The summed E-state index contributed by atoms with van der Waals surface area (Å²) in [7, 11) is 3.07. The average Bonchev–Trinajstić information content (AvgIpc) is 2.95. The number of halogens is 1. The van der Waals surface area contributed by atoms with Gasteiger partial charge in [-0.05, 0) is 13.5 Å². The van der Waals surface area contributed by atoms with E-state index in [4.69, 9.17) is 22.1 Å². The topological polar surface area (TPSA) is 101 Å². The van der Waals surface area contributed by atoms with Crippen molar-refractivity contribution in [1.29, 1.82) is 0 Å². The minimum Gasteiger partial charge on any atom is -0.464 e. The van der Waals surface area contributed by atoms with Crippen LogP contribution in [0.15, 0.2) is 0 Å². The van der Waals surface area contributed by atoms with Crippen LogP contribution in [0.3, 0.4) is 0 Å². The molecular weight excluding hydrogens is 296 g/mol. The Morgan fingerprint density at radius 2 is 2.19 bits per heavy atom. The van der Waals surface area contributed by atoms with Gasteiger partial charge in [0.15, 0.2) is 5.69 Å². The second-order valence-corrected chi connectivity index (χ2v) is 4.91. The van der Waals surface area contributed by atoms with Crippen LogP contribution in [0.1, 0.15) is 27.4 Å². The van der Waals surface area contributed by atoms with Crippen molar-refractivity contribution in [3.8, 4) is 0 Å². The number of rotatable bonds is 5. The lowest BCUT2D eigenvalue weighted by Gasteiger charge is -2.06. The molecule has 114 valence electrons. The molecule has 0 unspecified atom stereocenters. The molecule has 0 aliphatic carbocycles. The number of hydrogen-bond donors (Lipinski definition) is 1. The monoisotopic (exact) mass is 312 g/mol. The van der Waals surface area contributed by atoms with E-state index in [-0.39, 0.29) is 5.69 Å². The van der Waals surface area contributed by atoms with Crippen molar-refractivity contribution >= 4 is 17.6 Å². The number of ether oxygens (including phenoxy) is 1. The molecule has 0 saturated carbocycles. The maximum atomic E-state index is 11.7. The molecule has 0 spiro atoms. The molecule has 2 aromatic heterocycles. The zero-order chi connectivity index (χ0) is 15.6. The van der Waals surface area contributed by atoms with Gasteiger partial charge in [0, 0.05) is 19.0 Å². The molecule has 2 rings (SSSR count). The number of carbonyl (C=O) groups excluding carboxylic acids is 1. The predicted molar refractivity (Wildman–Crippen MR) is 76.2 cm³/mol. The molecule has 0 fully saturated rings. The molecule has 0 aromatic carbocycles. The lowest BCUT2D eigenvalue weighted by molar-refractivity contribution is 0.0592. The van der Waals surface area contributed by atoms with Gasteiger partial charge in [0.1, 0.15) is 5.15 Å². The molecule has 0 aliphatic heterocycles. The summed E-state index contributed by atoms with van der Waals surface area (Å²) in [5.41, 5.74) is 8.04. The quantitative estimate of drug-likeness (QED) is 0.797. The largest absolute Gasteiger partial charge is 0.464 e. The van der Waals surface area contributed by atoms with Crippen LogP contribution in [0, 0.1) is 6.92 Å². The Hall–Kier alpha value is -1.93. The van der Waals surface area contributed by atoms with Crippen molar-refractivity contribution in [3.63, 3.8) is 0 Å². The van der Waals surface area contributed by atoms with E-state index in [2.05, 4.69) is 15.4 Å². The Morgan fingerprint density at radius 1 is 1.48 bits per heavy atom. The molecule has 2 aromatic rings. The number of esters is 1. The van der Waals surface area contributed by atoms with Crippen LogP contribution in [0.4, 0.5) is 0 Å². The number of nitrogens with zero attached hydrogens (tertiary/aromatic N) is 5. The fourth-order valence-corrected chi connectivity index (χ4v) is 2.34. The van der Waals surface area contributed by atoms with E-state index >= 15 is 0 Å². The van der Waals surface area contributed by atoms with Crippen LogP contribution < -0.4 is 5.73 Å². The van der Waals surface area contributed by atoms with E-state index < -0.39 is 5.97 Å². The molecular formula is C12H17ClN6O2. The number of carbonyl (C=O) groups is 1. The SMILES string of the molecule is COC(=O)c1nnn(Cc2c(C)nn(C)c2Cl)c1CCN. The lowest BCUT2D eigenvalue weighted by atomic mass is 10.2. The van der Waals surface area contributed by atoms with Gasteiger partial charge >= 0.3 is 5.97 Å². The molecule has 21 heavy (non-hydrogen) atoms. The first-order valence-electron chi connectivity index (χ1n) is 6.38. The van der Waals surface area contributed by atoms with Crippen molar-refractivity contribution in [1.82, 2.24) is 24.8 Å². The second kappa shape index (κ2) is 6.23. The lowest BCUT2D eigenvalue weighted by Crippen LogP contribution is -2.15. The Labute approximate surface area is 126 Å². The van der Waals surface area contributed by atoms with E-state index in [0.29, 0.717) is 30.4 Å². The summed E-state index contributed by atoms with van der Waals surface area (Å²) in [6.45, 7) is 2.61. The summed E-state index contributed by atoms with van der Waals surface area (Å²) in [4.78, 5) is 11.7. The van der Waals surface area contributed by atoms with Gasteiger partial charge in [0.25, 0.3) is 0 Å². The van der Waals surface area contributed by atoms with Crippen LogP contribution in [-0.4, -0.2) is 44.4 Å². The van der Waals surface area contributed by atoms with Gasteiger partial charge in [-0.1, -0.05) is 16.8 Å². The zero-order valence-corrected chi connectivity index (χ0v) is 12.9. The van der Waals surface area contributed by atoms with Gasteiger partial charge in [-0.3, -0.25) is 4.68 Å². The third-order valence-electron chi connectivity index (χ3n) is 3.18. The van der Waals surface area contributed by atoms with Crippen molar-refractivity contribution < 1.29 is 9.53 Å². The smallest absolute Gasteiger partial charge is 0.360 e. The first-order valence-corrected chi connectivity index (χ1v) is 6.76. The molecule has 2 N–H and O–H groups in total. The minimum atomic E-state index is -0.529.